The first-order valence-electron chi connectivity index (χ1n) is 22.0. The van der Waals surface area contributed by atoms with Crippen LogP contribution in [0.3, 0.4) is 0 Å². The number of esters is 2. The summed E-state index contributed by atoms with van der Waals surface area (Å²) >= 11 is 0. The summed E-state index contributed by atoms with van der Waals surface area (Å²) in [5.74, 6) is -1.78. The van der Waals surface area contributed by atoms with Gasteiger partial charge in [0.05, 0.1) is 40.3 Å². The van der Waals surface area contributed by atoms with Crippen molar-refractivity contribution in [1.29, 1.82) is 0 Å². The molecule has 0 N–H and O–H groups in total. The molecule has 8 heteroatoms. The smallest absolute Gasteiger partial charge is 0.306 e. The summed E-state index contributed by atoms with van der Waals surface area (Å²) in [6, 6.07) is -0.733. The van der Waals surface area contributed by atoms with E-state index in [4.69, 9.17) is 14.2 Å². The van der Waals surface area contributed by atoms with Gasteiger partial charge in [0, 0.05) is 19.3 Å². The maximum absolute atomic E-state index is 12.7. The molecule has 56 heavy (non-hydrogen) atoms. The van der Waals surface area contributed by atoms with Crippen LogP contribution < -0.4 is 5.11 Å². The second kappa shape index (κ2) is 38.6. The van der Waals surface area contributed by atoms with Gasteiger partial charge >= 0.3 is 11.9 Å². The lowest BCUT2D eigenvalue weighted by Gasteiger charge is -2.34. The highest BCUT2D eigenvalue weighted by molar-refractivity contribution is 5.70. The molecule has 0 amide bonds. The van der Waals surface area contributed by atoms with Crippen LogP contribution in [0.1, 0.15) is 162 Å². The van der Waals surface area contributed by atoms with Crippen molar-refractivity contribution in [3.05, 3.63) is 72.9 Å². The molecule has 0 aromatic rings. The SMILES string of the molecule is CC/C=C/C/C=C/C/C=C/C/C=C/CCCCCCCCCC(=O)OC(COCCC(C(=O)[O-])[N+](C)(C)C)COC(=O)CCCCCCC/C=C/C/C=C/CC. The molecular weight excluding hydrogens is 703 g/mol. The minimum Gasteiger partial charge on any atom is -0.544 e. The molecular formula is C48H81NO7. The van der Waals surface area contributed by atoms with E-state index >= 15 is 0 Å². The van der Waals surface area contributed by atoms with Gasteiger partial charge in [0.15, 0.2) is 6.10 Å². The maximum atomic E-state index is 12.7. The van der Waals surface area contributed by atoms with Crippen LogP contribution >= 0.6 is 0 Å². The molecule has 320 valence electrons. The van der Waals surface area contributed by atoms with Gasteiger partial charge in [0.25, 0.3) is 0 Å². The van der Waals surface area contributed by atoms with Crippen molar-refractivity contribution in [2.75, 3.05) is 41.0 Å². The van der Waals surface area contributed by atoms with E-state index in [0.717, 1.165) is 109 Å². The summed E-state index contributed by atoms with van der Waals surface area (Å²) < 4.78 is 17.1. The van der Waals surface area contributed by atoms with Crippen LogP contribution in [0, 0.1) is 0 Å². The Balaban J connectivity index is 4.36. The number of quaternary nitrogens is 1. The molecule has 0 rings (SSSR count). The Labute approximate surface area is 342 Å². The summed E-state index contributed by atoms with van der Waals surface area (Å²) in [7, 11) is 5.39. The van der Waals surface area contributed by atoms with Crippen molar-refractivity contribution in [3.63, 3.8) is 0 Å². The van der Waals surface area contributed by atoms with Crippen molar-refractivity contribution in [3.8, 4) is 0 Å². The largest absolute Gasteiger partial charge is 0.544 e. The van der Waals surface area contributed by atoms with Crippen molar-refractivity contribution in [2.24, 2.45) is 0 Å². The second-order valence-corrected chi connectivity index (χ2v) is 15.5. The molecule has 0 radical (unpaired) electrons. The minimum atomic E-state index is -1.13. The van der Waals surface area contributed by atoms with Crippen LogP contribution in [0.2, 0.25) is 0 Å². The molecule has 0 heterocycles. The minimum absolute atomic E-state index is 0.0280. The van der Waals surface area contributed by atoms with Gasteiger partial charge in [-0.3, -0.25) is 9.59 Å². The number of carbonyl (C=O) groups excluding carboxylic acids is 3. The van der Waals surface area contributed by atoms with Gasteiger partial charge in [0.1, 0.15) is 12.6 Å². The van der Waals surface area contributed by atoms with Crippen LogP contribution in [0.4, 0.5) is 0 Å². The number of nitrogens with zero attached hydrogens (tertiary/aromatic N) is 1. The van der Waals surface area contributed by atoms with Crippen molar-refractivity contribution < 1.29 is 38.2 Å². The van der Waals surface area contributed by atoms with Crippen molar-refractivity contribution in [1.82, 2.24) is 0 Å². The zero-order valence-corrected chi connectivity index (χ0v) is 36.3. The molecule has 0 saturated heterocycles. The molecule has 2 atom stereocenters. The van der Waals surface area contributed by atoms with E-state index in [1.807, 2.05) is 0 Å². The summed E-state index contributed by atoms with van der Waals surface area (Å²) in [5, 5.41) is 11.6. The lowest BCUT2D eigenvalue weighted by atomic mass is 10.1. The lowest BCUT2D eigenvalue weighted by molar-refractivity contribution is -0.889. The number of carboxylic acids is 1. The number of likely N-dealkylation sites (N-methyl/N-ethyl adjacent to an activating group) is 1. The van der Waals surface area contributed by atoms with Gasteiger partial charge in [-0.15, -0.1) is 0 Å². The topological polar surface area (TPSA) is 102 Å². The van der Waals surface area contributed by atoms with E-state index in [0.29, 0.717) is 12.8 Å². The Morgan fingerprint density at radius 2 is 0.946 bits per heavy atom. The van der Waals surface area contributed by atoms with Crippen LogP contribution in [0.15, 0.2) is 72.9 Å². The Kier molecular flexibility index (Phi) is 36.4. The fourth-order valence-corrected chi connectivity index (χ4v) is 5.98. The van der Waals surface area contributed by atoms with Crippen molar-refractivity contribution in [2.45, 2.75) is 174 Å². The van der Waals surface area contributed by atoms with E-state index in [9.17, 15) is 19.5 Å². The molecule has 0 bridgehead atoms. The average Bonchev–Trinajstić information content (AvgIpc) is 3.15. The van der Waals surface area contributed by atoms with Gasteiger partial charge < -0.3 is 28.6 Å². The summed E-state index contributed by atoms with van der Waals surface area (Å²) in [6.07, 6.45) is 47.8. The average molecular weight is 784 g/mol. The molecule has 0 aromatic heterocycles. The maximum Gasteiger partial charge on any atom is 0.306 e. The normalized spacial score (nSPS) is 13.7. The van der Waals surface area contributed by atoms with Gasteiger partial charge in [-0.05, 0) is 77.0 Å². The van der Waals surface area contributed by atoms with Crippen LogP contribution in [0.5, 0.6) is 0 Å². The van der Waals surface area contributed by atoms with Crippen LogP contribution in [-0.4, -0.2) is 75.5 Å². The third-order valence-electron chi connectivity index (χ3n) is 9.34. The standard InChI is InChI=1S/C48H81NO7/c1-6-8-10-12-14-16-18-20-21-22-23-24-25-26-27-29-31-33-35-37-39-47(51)56-44(42-54-41-40-45(48(52)53)49(3,4)5)43-55-46(50)38-36-34-32-30-28-19-17-15-13-11-9-7-2/h8-11,14-17,20-21,23-24,44-45H,6-7,12-13,18-19,22,25-43H2,1-5H3/b10-8+,11-9+,16-14+,17-15+,21-20+,24-23+. The third kappa shape index (κ3) is 36.4. The quantitative estimate of drug-likeness (QED) is 0.0266. The van der Waals surface area contributed by atoms with E-state index in [-0.39, 0.29) is 42.7 Å². The van der Waals surface area contributed by atoms with E-state index in [1.165, 1.54) is 19.3 Å². The molecule has 0 saturated carbocycles. The summed E-state index contributed by atoms with van der Waals surface area (Å²) in [5.41, 5.74) is 0. The number of ether oxygens (including phenoxy) is 3. The highest BCUT2D eigenvalue weighted by atomic mass is 16.6. The fourth-order valence-electron chi connectivity index (χ4n) is 5.98. The molecule has 0 fully saturated rings. The molecule has 8 nitrogen and oxygen atoms in total. The molecule has 0 spiro atoms. The van der Waals surface area contributed by atoms with E-state index in [1.54, 1.807) is 21.1 Å². The van der Waals surface area contributed by atoms with Gasteiger partial charge in [0.2, 0.25) is 0 Å². The predicted molar refractivity (Wildman–Crippen MR) is 231 cm³/mol. The Hall–Kier alpha value is -3.23. The summed E-state index contributed by atoms with van der Waals surface area (Å²) in [6.45, 7) is 4.40. The second-order valence-electron chi connectivity index (χ2n) is 15.5. The summed E-state index contributed by atoms with van der Waals surface area (Å²) in [4.78, 5) is 36.8. The number of hydrogen-bond donors (Lipinski definition) is 0. The highest BCUT2D eigenvalue weighted by Gasteiger charge is 2.25. The zero-order valence-electron chi connectivity index (χ0n) is 36.3. The number of allylic oxidation sites excluding steroid dienone is 12. The first-order chi connectivity index (χ1) is 27.1. The molecule has 0 aliphatic heterocycles. The third-order valence-corrected chi connectivity index (χ3v) is 9.34. The monoisotopic (exact) mass is 784 g/mol. The van der Waals surface area contributed by atoms with E-state index in [2.05, 4.69) is 86.8 Å². The molecule has 0 aliphatic carbocycles. The number of rotatable bonds is 38. The number of aliphatic carboxylic acids is 1. The van der Waals surface area contributed by atoms with E-state index < -0.39 is 18.1 Å². The Bertz CT molecular complexity index is 1140. The zero-order chi connectivity index (χ0) is 41.4. The number of carboxylic acid groups (broad SMARTS) is 1. The number of hydrogen-bond acceptors (Lipinski definition) is 7. The predicted octanol–water partition coefficient (Wildman–Crippen LogP) is 10.6. The number of carbonyl (C=O) groups is 3. The van der Waals surface area contributed by atoms with Crippen LogP contribution in [-0.2, 0) is 28.6 Å². The van der Waals surface area contributed by atoms with Gasteiger partial charge in [-0.25, -0.2) is 0 Å². The molecule has 2 unspecified atom stereocenters. The van der Waals surface area contributed by atoms with Gasteiger partial charge in [-0.1, -0.05) is 138 Å². The number of unbranched alkanes of at least 4 members (excludes halogenated alkanes) is 12. The Morgan fingerprint density at radius 1 is 0.536 bits per heavy atom. The van der Waals surface area contributed by atoms with Crippen LogP contribution in [0.25, 0.3) is 0 Å². The highest BCUT2D eigenvalue weighted by Crippen LogP contribution is 2.13. The lowest BCUT2D eigenvalue weighted by Crippen LogP contribution is -2.55. The van der Waals surface area contributed by atoms with Crippen molar-refractivity contribution >= 4 is 17.9 Å². The van der Waals surface area contributed by atoms with Gasteiger partial charge in [-0.2, -0.15) is 0 Å². The fraction of sp³-hybridized carbons (Fsp3) is 0.688. The molecule has 0 aliphatic rings. The molecule has 0 aromatic carbocycles. The first-order valence-corrected chi connectivity index (χ1v) is 22.0. The first kappa shape index (κ1) is 52.8. The Morgan fingerprint density at radius 3 is 1.39 bits per heavy atom.